The van der Waals surface area contributed by atoms with Crippen LogP contribution >= 0.6 is 15.9 Å². The Bertz CT molecular complexity index is 1160. The Hall–Kier alpha value is -2.47. The van der Waals surface area contributed by atoms with E-state index in [0.29, 0.717) is 16.7 Å². The van der Waals surface area contributed by atoms with Gasteiger partial charge in [0.15, 0.2) is 0 Å². The van der Waals surface area contributed by atoms with Crippen LogP contribution in [0.4, 0.5) is 5.69 Å². The molecule has 1 aliphatic rings. The Morgan fingerprint density at radius 3 is 2.68 bits per heavy atom. The lowest BCUT2D eigenvalue weighted by molar-refractivity contribution is 0.578. The minimum absolute atomic E-state index is 0.128. The van der Waals surface area contributed by atoms with E-state index in [1.54, 1.807) is 6.21 Å². The number of aryl methyl sites for hydroxylation is 2. The standard InChI is InChI=1S/C25H29BrN4O/c1-3-4-8-24-28-23-12-10-20(26)16-22(23)25(31)30(24)27-17-19-9-11-21(15-18(19)2)29-13-6-5-7-14-29/h9-12,15-17H,3-8,13-14H2,1-2H3. The number of nitrogens with zero attached hydrogens (tertiary/aromatic N) is 4. The van der Waals surface area contributed by atoms with Crippen molar-refractivity contribution in [2.75, 3.05) is 18.0 Å². The molecule has 31 heavy (non-hydrogen) atoms. The number of halogens is 1. The Morgan fingerprint density at radius 1 is 1.13 bits per heavy atom. The highest BCUT2D eigenvalue weighted by atomic mass is 79.9. The average molecular weight is 481 g/mol. The predicted octanol–water partition coefficient (Wildman–Crippen LogP) is 5.68. The zero-order valence-corrected chi connectivity index (χ0v) is 19.9. The molecule has 3 aromatic rings. The molecule has 1 saturated heterocycles. The molecule has 4 rings (SSSR count). The molecule has 0 amide bonds. The molecule has 162 valence electrons. The van der Waals surface area contributed by atoms with Gasteiger partial charge in [0.1, 0.15) is 5.82 Å². The first kappa shape index (κ1) is 21.8. The minimum Gasteiger partial charge on any atom is -0.372 e. The van der Waals surface area contributed by atoms with Crippen LogP contribution in [0.25, 0.3) is 10.9 Å². The summed E-state index contributed by atoms with van der Waals surface area (Å²) >= 11 is 3.46. The molecule has 1 aliphatic heterocycles. The molecule has 0 spiro atoms. The molecule has 6 heteroatoms. The number of hydrogen-bond acceptors (Lipinski definition) is 4. The van der Waals surface area contributed by atoms with Crippen molar-refractivity contribution in [2.45, 2.75) is 52.4 Å². The van der Waals surface area contributed by atoms with Gasteiger partial charge in [-0.2, -0.15) is 9.78 Å². The highest BCUT2D eigenvalue weighted by molar-refractivity contribution is 9.10. The van der Waals surface area contributed by atoms with Crippen LogP contribution in [0, 0.1) is 6.92 Å². The summed E-state index contributed by atoms with van der Waals surface area (Å²) in [5, 5.41) is 5.17. The number of hydrogen-bond donors (Lipinski definition) is 0. The fraction of sp³-hybridized carbons (Fsp3) is 0.400. The van der Waals surface area contributed by atoms with Gasteiger partial charge in [-0.1, -0.05) is 35.3 Å². The van der Waals surface area contributed by atoms with Crippen LogP contribution in [0.3, 0.4) is 0 Å². The van der Waals surface area contributed by atoms with E-state index < -0.39 is 0 Å². The molecular weight excluding hydrogens is 452 g/mol. The summed E-state index contributed by atoms with van der Waals surface area (Å²) < 4.78 is 2.34. The summed E-state index contributed by atoms with van der Waals surface area (Å²) in [6.45, 7) is 6.49. The molecule has 0 radical (unpaired) electrons. The van der Waals surface area contributed by atoms with E-state index in [-0.39, 0.29) is 5.56 Å². The van der Waals surface area contributed by atoms with Gasteiger partial charge in [0.25, 0.3) is 5.56 Å². The van der Waals surface area contributed by atoms with Crippen LogP contribution in [0.5, 0.6) is 0 Å². The maximum atomic E-state index is 13.2. The van der Waals surface area contributed by atoms with Gasteiger partial charge < -0.3 is 4.90 Å². The molecule has 0 bridgehead atoms. The lowest BCUT2D eigenvalue weighted by atomic mass is 10.1. The van der Waals surface area contributed by atoms with Crippen molar-refractivity contribution in [2.24, 2.45) is 5.10 Å². The molecule has 0 unspecified atom stereocenters. The molecule has 1 fully saturated rings. The first-order chi connectivity index (χ1) is 15.1. The largest absolute Gasteiger partial charge is 0.372 e. The van der Waals surface area contributed by atoms with Gasteiger partial charge in [-0.3, -0.25) is 4.79 Å². The van der Waals surface area contributed by atoms with Crippen LogP contribution in [0.1, 0.15) is 56.0 Å². The first-order valence-electron chi connectivity index (χ1n) is 11.2. The van der Waals surface area contributed by atoms with E-state index in [1.165, 1.54) is 29.6 Å². The van der Waals surface area contributed by atoms with Crippen LogP contribution < -0.4 is 10.5 Å². The SMILES string of the molecule is CCCCc1nc2ccc(Br)cc2c(=O)n1N=Cc1ccc(N2CCCCC2)cc1C. The maximum absolute atomic E-state index is 13.2. The summed E-state index contributed by atoms with van der Waals surface area (Å²) in [5.41, 5.74) is 4.03. The van der Waals surface area contributed by atoms with E-state index >= 15 is 0 Å². The van der Waals surface area contributed by atoms with Gasteiger partial charge in [-0.25, -0.2) is 4.98 Å². The van der Waals surface area contributed by atoms with Crippen molar-refractivity contribution in [1.29, 1.82) is 0 Å². The molecule has 0 saturated carbocycles. The second-order valence-corrected chi connectivity index (χ2v) is 9.16. The number of benzene rings is 2. The van der Waals surface area contributed by atoms with Gasteiger partial charge in [-0.05, 0) is 74.1 Å². The molecule has 1 aromatic heterocycles. The minimum atomic E-state index is -0.128. The molecule has 5 nitrogen and oxygen atoms in total. The summed E-state index contributed by atoms with van der Waals surface area (Å²) in [7, 11) is 0. The zero-order chi connectivity index (χ0) is 21.8. The van der Waals surface area contributed by atoms with Crippen LogP contribution in [-0.4, -0.2) is 29.0 Å². The number of piperidine rings is 1. The molecule has 0 N–H and O–H groups in total. The van der Waals surface area contributed by atoms with E-state index in [9.17, 15) is 4.79 Å². The molecule has 0 aliphatic carbocycles. The molecule has 0 atom stereocenters. The topological polar surface area (TPSA) is 50.5 Å². The number of rotatable bonds is 6. The van der Waals surface area contributed by atoms with Crippen molar-refractivity contribution in [3.05, 3.63) is 68.2 Å². The van der Waals surface area contributed by atoms with E-state index in [1.807, 2.05) is 18.2 Å². The highest BCUT2D eigenvalue weighted by Gasteiger charge is 2.13. The predicted molar refractivity (Wildman–Crippen MR) is 133 cm³/mol. The van der Waals surface area contributed by atoms with Crippen molar-refractivity contribution < 1.29 is 0 Å². The third-order valence-corrected chi connectivity index (χ3v) is 6.41. The second kappa shape index (κ2) is 9.77. The number of aromatic nitrogens is 2. The van der Waals surface area contributed by atoms with Gasteiger partial charge >= 0.3 is 0 Å². The van der Waals surface area contributed by atoms with Crippen molar-refractivity contribution >= 4 is 38.7 Å². The summed E-state index contributed by atoms with van der Waals surface area (Å²) in [5.74, 6) is 0.709. The quantitative estimate of drug-likeness (QED) is 0.426. The third kappa shape index (κ3) is 4.90. The van der Waals surface area contributed by atoms with Crippen molar-refractivity contribution in [1.82, 2.24) is 9.66 Å². The third-order valence-electron chi connectivity index (χ3n) is 5.92. The Morgan fingerprint density at radius 2 is 1.94 bits per heavy atom. The molecular formula is C25H29BrN4O. The van der Waals surface area contributed by atoms with Gasteiger partial charge in [0.05, 0.1) is 17.1 Å². The maximum Gasteiger partial charge on any atom is 0.282 e. The highest BCUT2D eigenvalue weighted by Crippen LogP contribution is 2.22. The number of anilines is 1. The molecule has 2 aromatic carbocycles. The van der Waals surface area contributed by atoms with Gasteiger partial charge in [0.2, 0.25) is 0 Å². The monoisotopic (exact) mass is 480 g/mol. The summed E-state index contributed by atoms with van der Waals surface area (Å²) in [4.78, 5) is 20.4. The van der Waals surface area contributed by atoms with Crippen LogP contribution in [0.15, 0.2) is 50.8 Å². The van der Waals surface area contributed by atoms with E-state index in [2.05, 4.69) is 58.0 Å². The lowest BCUT2D eigenvalue weighted by Gasteiger charge is -2.29. The smallest absolute Gasteiger partial charge is 0.282 e. The van der Waals surface area contributed by atoms with Crippen molar-refractivity contribution in [3.8, 4) is 0 Å². The lowest BCUT2D eigenvalue weighted by Crippen LogP contribution is -2.29. The fourth-order valence-electron chi connectivity index (χ4n) is 4.08. The average Bonchev–Trinajstić information content (AvgIpc) is 2.79. The van der Waals surface area contributed by atoms with Crippen LogP contribution in [-0.2, 0) is 6.42 Å². The van der Waals surface area contributed by atoms with Crippen molar-refractivity contribution in [3.63, 3.8) is 0 Å². The zero-order valence-electron chi connectivity index (χ0n) is 18.3. The van der Waals surface area contributed by atoms with E-state index in [0.717, 1.165) is 48.0 Å². The number of unbranched alkanes of at least 4 members (excludes halogenated alkanes) is 1. The Balaban J connectivity index is 1.69. The Kier molecular flexibility index (Phi) is 6.86. The summed E-state index contributed by atoms with van der Waals surface area (Å²) in [6.07, 6.45) is 8.36. The number of fused-ring (bicyclic) bond motifs is 1. The van der Waals surface area contributed by atoms with Crippen LogP contribution in [0.2, 0.25) is 0 Å². The normalized spacial score (nSPS) is 14.6. The van der Waals surface area contributed by atoms with E-state index in [4.69, 9.17) is 4.98 Å². The first-order valence-corrected chi connectivity index (χ1v) is 12.0. The second-order valence-electron chi connectivity index (χ2n) is 8.24. The molecule has 2 heterocycles. The van der Waals surface area contributed by atoms with Gasteiger partial charge in [0, 0.05) is 29.7 Å². The summed E-state index contributed by atoms with van der Waals surface area (Å²) in [6, 6.07) is 12.1. The fourth-order valence-corrected chi connectivity index (χ4v) is 4.45. The van der Waals surface area contributed by atoms with Gasteiger partial charge in [-0.15, -0.1) is 0 Å². The Labute approximate surface area is 191 Å².